The normalized spacial score (nSPS) is 11.0. The molecular formula is C34H60N2O2. The zero-order chi connectivity index (χ0) is 27.5. The molecule has 38 heavy (non-hydrogen) atoms. The lowest BCUT2D eigenvalue weighted by Crippen LogP contribution is -2.16. The summed E-state index contributed by atoms with van der Waals surface area (Å²) in [7, 11) is 0. The Morgan fingerprint density at radius 1 is 0.447 bits per heavy atom. The number of hydrogen-bond acceptors (Lipinski definition) is 2. The molecule has 0 aliphatic heterocycles. The molecule has 0 aliphatic rings. The average Bonchev–Trinajstić information content (AvgIpc) is 2.91. The first-order valence-electron chi connectivity index (χ1n) is 16.4. The lowest BCUT2D eigenvalue weighted by Gasteiger charge is -2.12. The fourth-order valence-corrected chi connectivity index (χ4v) is 5.03. The smallest absolute Gasteiger partial charge is 0.224 e. The predicted octanol–water partition coefficient (Wildman–Crippen LogP) is 11.0. The molecule has 1 aromatic carbocycles. The Labute approximate surface area is 235 Å². The van der Waals surface area contributed by atoms with Gasteiger partial charge in [0.25, 0.3) is 0 Å². The van der Waals surface area contributed by atoms with Gasteiger partial charge in [-0.05, 0) is 25.0 Å². The third-order valence-electron chi connectivity index (χ3n) is 7.49. The first-order valence-corrected chi connectivity index (χ1v) is 16.4. The van der Waals surface area contributed by atoms with Gasteiger partial charge in [-0.25, -0.2) is 0 Å². The quantitative estimate of drug-likeness (QED) is 0.117. The summed E-state index contributed by atoms with van der Waals surface area (Å²) in [5.41, 5.74) is 1.40. The number of rotatable bonds is 26. The fraction of sp³-hybridized carbons (Fsp3) is 0.765. The molecule has 2 N–H and O–H groups in total. The van der Waals surface area contributed by atoms with Gasteiger partial charge in [-0.2, -0.15) is 0 Å². The number of para-hydroxylation sites is 2. The summed E-state index contributed by atoms with van der Waals surface area (Å²) < 4.78 is 0. The van der Waals surface area contributed by atoms with Crippen molar-refractivity contribution in [3.05, 3.63) is 24.3 Å². The van der Waals surface area contributed by atoms with Gasteiger partial charge in [-0.3, -0.25) is 9.59 Å². The maximum atomic E-state index is 12.5. The van der Waals surface area contributed by atoms with Crippen LogP contribution in [0.4, 0.5) is 11.4 Å². The molecule has 0 radical (unpaired) electrons. The summed E-state index contributed by atoms with van der Waals surface area (Å²) in [4.78, 5) is 24.9. The molecule has 0 heterocycles. The molecule has 0 saturated heterocycles. The molecule has 1 rings (SSSR count). The molecule has 1 aromatic rings. The molecule has 4 heteroatoms. The van der Waals surface area contributed by atoms with Crippen LogP contribution in [0.15, 0.2) is 24.3 Å². The SMILES string of the molecule is CCCCCCCCCCCCCC(=O)Nc1ccccc1NC(=O)CCCCCCCCCCCCC. The van der Waals surface area contributed by atoms with Gasteiger partial charge < -0.3 is 10.6 Å². The zero-order valence-corrected chi connectivity index (χ0v) is 25.1. The van der Waals surface area contributed by atoms with E-state index >= 15 is 0 Å². The molecule has 0 unspecified atom stereocenters. The van der Waals surface area contributed by atoms with Crippen molar-refractivity contribution in [1.82, 2.24) is 0 Å². The monoisotopic (exact) mass is 528 g/mol. The zero-order valence-electron chi connectivity index (χ0n) is 25.1. The highest BCUT2D eigenvalue weighted by atomic mass is 16.2. The Hall–Kier alpha value is -1.84. The molecule has 0 bridgehead atoms. The van der Waals surface area contributed by atoms with Crippen molar-refractivity contribution < 1.29 is 9.59 Å². The summed E-state index contributed by atoms with van der Waals surface area (Å²) in [6.45, 7) is 4.52. The molecular weight excluding hydrogens is 468 g/mol. The summed E-state index contributed by atoms with van der Waals surface area (Å²) in [5, 5.41) is 6.02. The molecule has 218 valence electrons. The van der Waals surface area contributed by atoms with E-state index in [4.69, 9.17) is 0 Å². The minimum atomic E-state index is 0.0352. The van der Waals surface area contributed by atoms with Crippen molar-refractivity contribution in [2.45, 2.75) is 168 Å². The van der Waals surface area contributed by atoms with Gasteiger partial charge in [0.15, 0.2) is 0 Å². The van der Waals surface area contributed by atoms with E-state index < -0.39 is 0 Å². The summed E-state index contributed by atoms with van der Waals surface area (Å²) in [6, 6.07) is 7.54. The van der Waals surface area contributed by atoms with Crippen molar-refractivity contribution >= 4 is 23.2 Å². The highest BCUT2D eigenvalue weighted by Crippen LogP contribution is 2.22. The molecule has 0 spiro atoms. The first-order chi connectivity index (χ1) is 18.7. The minimum Gasteiger partial charge on any atom is -0.324 e. The molecule has 0 saturated carbocycles. The third-order valence-corrected chi connectivity index (χ3v) is 7.49. The number of unbranched alkanes of at least 4 members (excludes halogenated alkanes) is 20. The van der Waals surface area contributed by atoms with Crippen LogP contribution in [0.1, 0.15) is 168 Å². The number of benzene rings is 1. The Morgan fingerprint density at radius 2 is 0.711 bits per heavy atom. The van der Waals surface area contributed by atoms with Gasteiger partial charge in [0, 0.05) is 12.8 Å². The van der Waals surface area contributed by atoms with Crippen molar-refractivity contribution in [2.24, 2.45) is 0 Å². The van der Waals surface area contributed by atoms with Crippen LogP contribution in [0.2, 0.25) is 0 Å². The van der Waals surface area contributed by atoms with Crippen LogP contribution in [0.5, 0.6) is 0 Å². The molecule has 2 amide bonds. The van der Waals surface area contributed by atoms with Crippen LogP contribution < -0.4 is 10.6 Å². The van der Waals surface area contributed by atoms with Crippen molar-refractivity contribution in [3.8, 4) is 0 Å². The number of hydrogen-bond donors (Lipinski definition) is 2. The molecule has 0 aliphatic carbocycles. The summed E-state index contributed by atoms with van der Waals surface area (Å²) >= 11 is 0. The van der Waals surface area contributed by atoms with Crippen molar-refractivity contribution in [2.75, 3.05) is 10.6 Å². The maximum Gasteiger partial charge on any atom is 0.224 e. The van der Waals surface area contributed by atoms with E-state index in [9.17, 15) is 9.59 Å². The van der Waals surface area contributed by atoms with Gasteiger partial charge in [-0.15, -0.1) is 0 Å². The average molecular weight is 529 g/mol. The number of amides is 2. The Morgan fingerprint density at radius 3 is 1.00 bits per heavy atom. The van der Waals surface area contributed by atoms with Crippen LogP contribution >= 0.6 is 0 Å². The van der Waals surface area contributed by atoms with Crippen LogP contribution in [-0.2, 0) is 9.59 Å². The number of nitrogens with one attached hydrogen (secondary N) is 2. The summed E-state index contributed by atoms with van der Waals surface area (Å²) in [5.74, 6) is 0.0703. The lowest BCUT2D eigenvalue weighted by molar-refractivity contribution is -0.117. The first kappa shape index (κ1) is 34.2. The van der Waals surface area contributed by atoms with Crippen LogP contribution in [0.3, 0.4) is 0 Å². The molecule has 4 nitrogen and oxygen atoms in total. The second kappa shape index (κ2) is 25.4. The standard InChI is InChI=1S/C34H60N2O2/c1-3-5-7-9-11-13-15-17-19-21-23-29-33(37)35-31-27-25-26-28-32(31)36-34(38)30-24-22-20-18-16-14-12-10-8-6-4-2/h25-28H,3-24,29-30H2,1-2H3,(H,35,37)(H,36,38). The van der Waals surface area contributed by atoms with Crippen molar-refractivity contribution in [1.29, 1.82) is 0 Å². The highest BCUT2D eigenvalue weighted by Gasteiger charge is 2.09. The topological polar surface area (TPSA) is 58.2 Å². The predicted molar refractivity (Wildman–Crippen MR) is 166 cm³/mol. The van der Waals surface area contributed by atoms with E-state index in [1.807, 2.05) is 24.3 Å². The Kier molecular flexibility index (Phi) is 22.9. The van der Waals surface area contributed by atoms with Gasteiger partial charge >= 0.3 is 0 Å². The van der Waals surface area contributed by atoms with Crippen LogP contribution in [0.25, 0.3) is 0 Å². The van der Waals surface area contributed by atoms with Crippen LogP contribution in [0, 0.1) is 0 Å². The van der Waals surface area contributed by atoms with E-state index in [1.54, 1.807) is 0 Å². The third kappa shape index (κ3) is 20.2. The lowest BCUT2D eigenvalue weighted by atomic mass is 10.1. The van der Waals surface area contributed by atoms with Gasteiger partial charge in [0.05, 0.1) is 11.4 Å². The maximum absolute atomic E-state index is 12.5. The van der Waals surface area contributed by atoms with Crippen molar-refractivity contribution in [3.63, 3.8) is 0 Å². The highest BCUT2D eigenvalue weighted by molar-refractivity contribution is 5.99. The number of anilines is 2. The van der Waals surface area contributed by atoms with E-state index in [0.717, 1.165) is 25.7 Å². The Balaban J connectivity index is 2.11. The number of carbonyl (C=O) groups excluding carboxylic acids is 2. The minimum absolute atomic E-state index is 0.0352. The molecule has 0 aromatic heterocycles. The van der Waals surface area contributed by atoms with E-state index in [0.29, 0.717) is 24.2 Å². The Bertz CT molecular complexity index is 644. The largest absolute Gasteiger partial charge is 0.324 e. The molecule has 0 fully saturated rings. The fourth-order valence-electron chi connectivity index (χ4n) is 5.03. The number of carbonyl (C=O) groups is 2. The van der Waals surface area contributed by atoms with Crippen LogP contribution in [-0.4, -0.2) is 11.8 Å². The van der Waals surface area contributed by atoms with Gasteiger partial charge in [0.2, 0.25) is 11.8 Å². The van der Waals surface area contributed by atoms with Gasteiger partial charge in [0.1, 0.15) is 0 Å². The molecule has 0 atom stereocenters. The van der Waals surface area contributed by atoms with E-state index in [1.165, 1.54) is 116 Å². The summed E-state index contributed by atoms with van der Waals surface area (Å²) in [6.07, 6.45) is 29.2. The second-order valence-corrected chi connectivity index (χ2v) is 11.2. The van der Waals surface area contributed by atoms with Gasteiger partial charge in [-0.1, -0.05) is 154 Å². The van der Waals surface area contributed by atoms with E-state index in [-0.39, 0.29) is 11.8 Å². The second-order valence-electron chi connectivity index (χ2n) is 11.2. The van der Waals surface area contributed by atoms with E-state index in [2.05, 4.69) is 24.5 Å².